The lowest BCUT2D eigenvalue weighted by Gasteiger charge is -2.20. The monoisotopic (exact) mass is 232 g/mol. The lowest BCUT2D eigenvalue weighted by atomic mass is 9.98. The molecule has 4 heteroatoms. The van der Waals surface area contributed by atoms with Crippen molar-refractivity contribution in [1.82, 2.24) is 5.01 Å². The summed E-state index contributed by atoms with van der Waals surface area (Å²) >= 11 is 1.86. The zero-order valence-corrected chi connectivity index (χ0v) is 9.83. The molecule has 0 N–H and O–H groups in total. The first-order valence-corrected chi connectivity index (χ1v) is 6.33. The summed E-state index contributed by atoms with van der Waals surface area (Å²) in [7, 11) is 0. The van der Waals surface area contributed by atoms with E-state index in [-0.39, 0.29) is 5.91 Å². The number of nitrogens with zero attached hydrogens (tertiary/aromatic N) is 2. The van der Waals surface area contributed by atoms with Crippen molar-refractivity contribution in [1.29, 1.82) is 0 Å². The lowest BCUT2D eigenvalue weighted by Crippen LogP contribution is -2.26. The van der Waals surface area contributed by atoms with Crippen LogP contribution in [0.5, 0.6) is 0 Å². The molecule has 1 aromatic carbocycles. The van der Waals surface area contributed by atoms with Gasteiger partial charge >= 0.3 is 0 Å². The third-order valence-corrected chi connectivity index (χ3v) is 4.21. The molecule has 3 rings (SSSR count). The van der Waals surface area contributed by atoms with Crippen LogP contribution in [0.25, 0.3) is 0 Å². The second-order valence-electron chi connectivity index (χ2n) is 4.09. The first-order chi connectivity index (χ1) is 7.75. The van der Waals surface area contributed by atoms with E-state index in [0.29, 0.717) is 5.92 Å². The predicted molar refractivity (Wildman–Crippen MR) is 64.6 cm³/mol. The van der Waals surface area contributed by atoms with Crippen LogP contribution >= 0.6 is 11.8 Å². The van der Waals surface area contributed by atoms with Crippen LogP contribution in [0.1, 0.15) is 12.5 Å². The zero-order chi connectivity index (χ0) is 11.1. The number of fused-ring (bicyclic) bond motifs is 3. The summed E-state index contributed by atoms with van der Waals surface area (Å²) in [6.45, 7) is 2.31. The number of carbonyl (C=O) groups is 1. The minimum absolute atomic E-state index is 0.0318. The second kappa shape index (κ2) is 3.63. The van der Waals surface area contributed by atoms with Gasteiger partial charge in [-0.15, -0.1) is 11.8 Å². The molecule has 0 aliphatic carbocycles. The third kappa shape index (κ3) is 1.45. The summed E-state index contributed by atoms with van der Waals surface area (Å²) in [5.41, 5.74) is 2.29. The molecule has 0 radical (unpaired) electrons. The fraction of sp³-hybridized carbons (Fsp3) is 0.333. The van der Waals surface area contributed by atoms with Crippen molar-refractivity contribution < 1.29 is 4.79 Å². The maximum atomic E-state index is 11.3. The van der Waals surface area contributed by atoms with Gasteiger partial charge in [0.15, 0.2) is 0 Å². The van der Waals surface area contributed by atoms with E-state index in [9.17, 15) is 4.79 Å². The number of hydrogen-bond acceptors (Lipinski definition) is 3. The van der Waals surface area contributed by atoms with E-state index in [0.717, 1.165) is 18.0 Å². The number of carbonyl (C=O) groups excluding carboxylic acids is 1. The number of benzene rings is 1. The Morgan fingerprint density at radius 1 is 1.50 bits per heavy atom. The van der Waals surface area contributed by atoms with Crippen LogP contribution in [0.15, 0.2) is 34.3 Å². The molecule has 3 nitrogen and oxygen atoms in total. The van der Waals surface area contributed by atoms with Crippen molar-refractivity contribution in [2.75, 3.05) is 12.3 Å². The van der Waals surface area contributed by atoms with Gasteiger partial charge in [-0.05, 0) is 6.07 Å². The number of hydrazone groups is 1. The molecule has 1 amide bonds. The van der Waals surface area contributed by atoms with Crippen LogP contribution in [0.4, 0.5) is 0 Å². The molecule has 0 aromatic heterocycles. The van der Waals surface area contributed by atoms with Crippen molar-refractivity contribution >= 4 is 23.4 Å². The zero-order valence-electron chi connectivity index (χ0n) is 9.01. The molecular formula is C12H12N2OS. The van der Waals surface area contributed by atoms with Gasteiger partial charge in [-0.2, -0.15) is 5.10 Å². The van der Waals surface area contributed by atoms with Crippen molar-refractivity contribution in [2.45, 2.75) is 11.8 Å². The first kappa shape index (κ1) is 9.90. The van der Waals surface area contributed by atoms with Crippen LogP contribution < -0.4 is 0 Å². The fourth-order valence-corrected chi connectivity index (χ4v) is 3.29. The molecule has 2 aliphatic heterocycles. The molecule has 1 unspecified atom stereocenters. The summed E-state index contributed by atoms with van der Waals surface area (Å²) in [6, 6.07) is 8.29. The highest BCUT2D eigenvalue weighted by atomic mass is 32.2. The van der Waals surface area contributed by atoms with Gasteiger partial charge in [-0.3, -0.25) is 4.79 Å². The minimum atomic E-state index is 0.0318. The summed E-state index contributed by atoms with van der Waals surface area (Å²) < 4.78 is 0. The van der Waals surface area contributed by atoms with E-state index >= 15 is 0 Å². The van der Waals surface area contributed by atoms with E-state index < -0.39 is 0 Å². The van der Waals surface area contributed by atoms with Gasteiger partial charge < -0.3 is 0 Å². The summed E-state index contributed by atoms with van der Waals surface area (Å²) in [4.78, 5) is 12.6. The molecule has 0 bridgehead atoms. The highest BCUT2D eigenvalue weighted by Crippen LogP contribution is 2.36. The number of hydrogen-bond donors (Lipinski definition) is 0. The quantitative estimate of drug-likeness (QED) is 0.685. The molecule has 82 valence electrons. The molecule has 16 heavy (non-hydrogen) atoms. The van der Waals surface area contributed by atoms with E-state index in [4.69, 9.17) is 0 Å². The highest BCUT2D eigenvalue weighted by molar-refractivity contribution is 7.99. The van der Waals surface area contributed by atoms with Gasteiger partial charge in [-0.25, -0.2) is 5.01 Å². The summed E-state index contributed by atoms with van der Waals surface area (Å²) in [5.74, 6) is 1.47. The van der Waals surface area contributed by atoms with Gasteiger partial charge in [0, 0.05) is 29.1 Å². The Morgan fingerprint density at radius 2 is 2.31 bits per heavy atom. The topological polar surface area (TPSA) is 32.7 Å². The van der Waals surface area contributed by atoms with Crippen molar-refractivity contribution in [3.8, 4) is 0 Å². The Morgan fingerprint density at radius 3 is 3.12 bits per heavy atom. The van der Waals surface area contributed by atoms with E-state index in [1.807, 2.05) is 23.9 Å². The van der Waals surface area contributed by atoms with E-state index in [1.54, 1.807) is 11.9 Å². The van der Waals surface area contributed by atoms with Gasteiger partial charge in [0.25, 0.3) is 0 Å². The molecule has 1 atom stereocenters. The normalized spacial score (nSPS) is 22.4. The molecule has 0 saturated heterocycles. The summed E-state index contributed by atoms with van der Waals surface area (Å²) in [5, 5.41) is 6.02. The average Bonchev–Trinajstić information content (AvgIpc) is 2.73. The molecule has 0 spiro atoms. The summed E-state index contributed by atoms with van der Waals surface area (Å²) in [6.07, 6.45) is 0. The molecule has 2 aliphatic rings. The largest absolute Gasteiger partial charge is 0.273 e. The molecule has 1 aromatic rings. The Labute approximate surface area is 98.5 Å². The van der Waals surface area contributed by atoms with Crippen LogP contribution in [0.2, 0.25) is 0 Å². The minimum Gasteiger partial charge on any atom is -0.273 e. The smallest absolute Gasteiger partial charge is 0.239 e. The maximum Gasteiger partial charge on any atom is 0.239 e. The molecule has 2 heterocycles. The number of amides is 1. The predicted octanol–water partition coefficient (Wildman–Crippen LogP) is 1.97. The Bertz CT molecular complexity index is 484. The van der Waals surface area contributed by atoms with Crippen molar-refractivity contribution in [3.05, 3.63) is 29.8 Å². The second-order valence-corrected chi connectivity index (χ2v) is 5.15. The third-order valence-electron chi connectivity index (χ3n) is 2.97. The van der Waals surface area contributed by atoms with E-state index in [1.165, 1.54) is 10.5 Å². The van der Waals surface area contributed by atoms with Crippen molar-refractivity contribution in [2.24, 2.45) is 11.0 Å². The highest BCUT2D eigenvalue weighted by Gasteiger charge is 2.33. The van der Waals surface area contributed by atoms with Gasteiger partial charge in [0.05, 0.1) is 12.3 Å². The standard InChI is InChI=1S/C12H12N2OS/c1-8(15)14-6-9-7-16-11-5-3-2-4-10(11)12(9)13-14/h2-5,9H,6-7H2,1H3. The van der Waals surface area contributed by atoms with E-state index in [2.05, 4.69) is 17.2 Å². The molecular weight excluding hydrogens is 220 g/mol. The van der Waals surface area contributed by atoms with Crippen LogP contribution in [-0.4, -0.2) is 28.9 Å². The maximum absolute atomic E-state index is 11.3. The van der Waals surface area contributed by atoms with Crippen LogP contribution in [0, 0.1) is 5.92 Å². The Hall–Kier alpha value is -1.29. The SMILES string of the molecule is CC(=O)N1CC2CSc3ccccc3C2=N1. The Kier molecular flexibility index (Phi) is 2.24. The number of thioether (sulfide) groups is 1. The van der Waals surface area contributed by atoms with Crippen LogP contribution in [-0.2, 0) is 4.79 Å². The molecule has 0 fully saturated rings. The molecule has 0 saturated carbocycles. The average molecular weight is 232 g/mol. The van der Waals surface area contributed by atoms with Gasteiger partial charge in [0.2, 0.25) is 5.91 Å². The van der Waals surface area contributed by atoms with Crippen molar-refractivity contribution in [3.63, 3.8) is 0 Å². The number of rotatable bonds is 0. The lowest BCUT2D eigenvalue weighted by molar-refractivity contribution is -0.128. The van der Waals surface area contributed by atoms with Gasteiger partial charge in [0.1, 0.15) is 0 Å². The van der Waals surface area contributed by atoms with Gasteiger partial charge in [-0.1, -0.05) is 18.2 Å². The first-order valence-electron chi connectivity index (χ1n) is 5.34. The fourth-order valence-electron chi connectivity index (χ4n) is 2.15. The van der Waals surface area contributed by atoms with Crippen LogP contribution in [0.3, 0.4) is 0 Å². The Balaban J connectivity index is 2.04.